The van der Waals surface area contributed by atoms with E-state index >= 15 is 0 Å². The molecule has 0 aromatic rings. The molecular weight excluding hydrogens is 252 g/mol. The van der Waals surface area contributed by atoms with Crippen LogP contribution in [0.5, 0.6) is 0 Å². The monoisotopic (exact) mass is 282 g/mol. The van der Waals surface area contributed by atoms with Crippen molar-refractivity contribution in [3.05, 3.63) is 0 Å². The van der Waals surface area contributed by atoms with Crippen molar-refractivity contribution in [1.29, 1.82) is 0 Å². The summed E-state index contributed by atoms with van der Waals surface area (Å²) in [6.45, 7) is 8.19. The Hall–Kier alpha value is -0.650. The van der Waals surface area contributed by atoms with E-state index in [0.29, 0.717) is 18.5 Å². The molecule has 2 aliphatic rings. The first-order chi connectivity index (χ1) is 9.72. The zero-order valence-corrected chi connectivity index (χ0v) is 12.8. The molecule has 3 N–H and O–H groups in total. The average molecular weight is 282 g/mol. The number of hydrogen-bond acceptors (Lipinski definition) is 4. The third kappa shape index (κ3) is 5.04. The molecular formula is C15H30N4O. The lowest BCUT2D eigenvalue weighted by atomic mass is 10.1. The fraction of sp³-hybridized carbons (Fsp3) is 0.933. The second-order valence-electron chi connectivity index (χ2n) is 6.15. The summed E-state index contributed by atoms with van der Waals surface area (Å²) in [5.41, 5.74) is 5.87. The zero-order valence-electron chi connectivity index (χ0n) is 12.8. The average Bonchev–Trinajstić information content (AvgIpc) is 3.27. The number of nitrogens with two attached hydrogens (primary N) is 1. The number of carbonyl (C=O) groups is 1. The van der Waals surface area contributed by atoms with Crippen molar-refractivity contribution >= 4 is 5.91 Å². The normalized spacial score (nSPS) is 22.7. The largest absolute Gasteiger partial charge is 0.353 e. The van der Waals surface area contributed by atoms with Gasteiger partial charge in [0.05, 0.1) is 0 Å². The van der Waals surface area contributed by atoms with Crippen LogP contribution in [0, 0.1) is 0 Å². The molecule has 2 fully saturated rings. The summed E-state index contributed by atoms with van der Waals surface area (Å²) in [6, 6.07) is 1.03. The summed E-state index contributed by atoms with van der Waals surface area (Å²) < 4.78 is 0. The van der Waals surface area contributed by atoms with E-state index in [1.165, 1.54) is 25.7 Å². The first-order valence-corrected chi connectivity index (χ1v) is 8.18. The maximum atomic E-state index is 11.7. The molecule has 0 aromatic heterocycles. The maximum absolute atomic E-state index is 11.7. The van der Waals surface area contributed by atoms with E-state index in [1.54, 1.807) is 0 Å². The van der Waals surface area contributed by atoms with E-state index < -0.39 is 0 Å². The highest BCUT2D eigenvalue weighted by atomic mass is 16.1. The van der Waals surface area contributed by atoms with Crippen LogP contribution < -0.4 is 11.1 Å². The molecule has 20 heavy (non-hydrogen) atoms. The number of nitrogens with one attached hydrogen (secondary N) is 1. The summed E-state index contributed by atoms with van der Waals surface area (Å²) in [7, 11) is 0. The topological polar surface area (TPSA) is 61.6 Å². The van der Waals surface area contributed by atoms with Gasteiger partial charge in [-0.2, -0.15) is 0 Å². The minimum Gasteiger partial charge on any atom is -0.353 e. The Morgan fingerprint density at radius 3 is 2.55 bits per heavy atom. The van der Waals surface area contributed by atoms with E-state index in [1.807, 2.05) is 0 Å². The van der Waals surface area contributed by atoms with Gasteiger partial charge in [-0.1, -0.05) is 13.3 Å². The van der Waals surface area contributed by atoms with Crippen LogP contribution >= 0.6 is 0 Å². The van der Waals surface area contributed by atoms with Crippen LogP contribution in [0.15, 0.2) is 0 Å². The maximum Gasteiger partial charge on any atom is 0.221 e. The number of carbonyl (C=O) groups excluding carboxylic acids is 1. The molecule has 1 atom stereocenters. The Labute approximate surface area is 122 Å². The lowest BCUT2D eigenvalue weighted by Gasteiger charge is -2.39. The quantitative estimate of drug-likeness (QED) is 0.676. The SMILES string of the molecule is CCCC(CN)N1CCN(CCC(=O)NC2CC2)CC1. The molecule has 0 radical (unpaired) electrons. The van der Waals surface area contributed by atoms with E-state index in [9.17, 15) is 4.79 Å². The molecule has 0 aromatic carbocycles. The zero-order chi connectivity index (χ0) is 14.4. The molecule has 1 aliphatic heterocycles. The van der Waals surface area contributed by atoms with Crippen molar-refractivity contribution in [1.82, 2.24) is 15.1 Å². The van der Waals surface area contributed by atoms with Crippen LogP contribution in [-0.4, -0.2) is 67.1 Å². The first kappa shape index (κ1) is 15.7. The highest BCUT2D eigenvalue weighted by Gasteiger charge is 2.25. The third-order valence-electron chi connectivity index (χ3n) is 4.41. The smallest absolute Gasteiger partial charge is 0.221 e. The molecule has 5 heteroatoms. The lowest BCUT2D eigenvalue weighted by molar-refractivity contribution is -0.121. The molecule has 2 rings (SSSR count). The molecule has 1 heterocycles. The Morgan fingerprint density at radius 1 is 1.30 bits per heavy atom. The van der Waals surface area contributed by atoms with Crippen molar-refractivity contribution < 1.29 is 4.79 Å². The van der Waals surface area contributed by atoms with Gasteiger partial charge < -0.3 is 16.0 Å². The number of piperazine rings is 1. The molecule has 116 valence electrons. The molecule has 0 bridgehead atoms. The predicted molar refractivity (Wildman–Crippen MR) is 81.5 cm³/mol. The molecule has 1 saturated carbocycles. The van der Waals surface area contributed by atoms with Gasteiger partial charge in [-0.05, 0) is 19.3 Å². The van der Waals surface area contributed by atoms with Gasteiger partial charge in [0.1, 0.15) is 0 Å². The van der Waals surface area contributed by atoms with Crippen LogP contribution in [-0.2, 0) is 4.79 Å². The van der Waals surface area contributed by atoms with Crippen LogP contribution in [0.4, 0.5) is 0 Å². The van der Waals surface area contributed by atoms with E-state index in [2.05, 4.69) is 22.0 Å². The minimum atomic E-state index is 0.223. The van der Waals surface area contributed by atoms with Crippen molar-refractivity contribution in [3.8, 4) is 0 Å². The van der Waals surface area contributed by atoms with Gasteiger partial charge in [0.15, 0.2) is 0 Å². The number of hydrogen-bond donors (Lipinski definition) is 2. The van der Waals surface area contributed by atoms with Gasteiger partial charge in [-0.15, -0.1) is 0 Å². The van der Waals surface area contributed by atoms with Gasteiger partial charge in [-0.25, -0.2) is 0 Å². The highest BCUT2D eigenvalue weighted by Crippen LogP contribution is 2.18. The second kappa shape index (κ2) is 7.96. The van der Waals surface area contributed by atoms with Gasteiger partial charge >= 0.3 is 0 Å². The fourth-order valence-corrected chi connectivity index (χ4v) is 2.92. The van der Waals surface area contributed by atoms with Crippen LogP contribution in [0.25, 0.3) is 0 Å². The van der Waals surface area contributed by atoms with Gasteiger partial charge in [0.2, 0.25) is 5.91 Å². The minimum absolute atomic E-state index is 0.223. The van der Waals surface area contributed by atoms with Crippen molar-refractivity contribution in [2.45, 2.75) is 51.1 Å². The van der Waals surface area contributed by atoms with Gasteiger partial charge in [0.25, 0.3) is 0 Å². The number of amides is 1. The van der Waals surface area contributed by atoms with E-state index in [-0.39, 0.29) is 5.91 Å². The standard InChI is InChI=1S/C15H30N4O/c1-2-3-14(12-16)19-10-8-18(9-11-19)7-6-15(20)17-13-4-5-13/h13-14H,2-12,16H2,1H3,(H,17,20). The molecule has 5 nitrogen and oxygen atoms in total. The van der Waals surface area contributed by atoms with E-state index in [0.717, 1.165) is 39.3 Å². The van der Waals surface area contributed by atoms with E-state index in [4.69, 9.17) is 5.73 Å². The van der Waals surface area contributed by atoms with Crippen molar-refractivity contribution in [2.75, 3.05) is 39.3 Å². The summed E-state index contributed by atoms with van der Waals surface area (Å²) in [4.78, 5) is 16.6. The Morgan fingerprint density at radius 2 is 2.00 bits per heavy atom. The summed E-state index contributed by atoms with van der Waals surface area (Å²) in [5.74, 6) is 0.223. The van der Waals surface area contributed by atoms with Crippen molar-refractivity contribution in [2.24, 2.45) is 5.73 Å². The summed E-state index contributed by atoms with van der Waals surface area (Å²) in [6.07, 6.45) is 5.38. The molecule has 1 amide bonds. The van der Waals surface area contributed by atoms with Gasteiger partial charge in [-0.3, -0.25) is 9.69 Å². The van der Waals surface area contributed by atoms with Crippen molar-refractivity contribution in [3.63, 3.8) is 0 Å². The van der Waals surface area contributed by atoms with Crippen LogP contribution in [0.1, 0.15) is 39.0 Å². The molecule has 0 spiro atoms. The second-order valence-corrected chi connectivity index (χ2v) is 6.15. The summed E-state index contributed by atoms with van der Waals surface area (Å²) in [5, 5.41) is 3.05. The molecule has 1 saturated heterocycles. The molecule has 1 aliphatic carbocycles. The van der Waals surface area contributed by atoms with Gasteiger partial charge in [0, 0.05) is 57.8 Å². The Kier molecular flexibility index (Phi) is 6.26. The fourth-order valence-electron chi connectivity index (χ4n) is 2.92. The lowest BCUT2D eigenvalue weighted by Crippen LogP contribution is -2.52. The Balaban J connectivity index is 1.61. The number of nitrogens with zero attached hydrogens (tertiary/aromatic N) is 2. The summed E-state index contributed by atoms with van der Waals surface area (Å²) >= 11 is 0. The number of rotatable bonds is 8. The predicted octanol–water partition coefficient (Wildman–Crippen LogP) is 0.400. The highest BCUT2D eigenvalue weighted by molar-refractivity contribution is 5.76. The third-order valence-corrected chi connectivity index (χ3v) is 4.41. The van der Waals surface area contributed by atoms with Crippen LogP contribution in [0.2, 0.25) is 0 Å². The first-order valence-electron chi connectivity index (χ1n) is 8.18. The Bertz CT molecular complexity index is 298. The molecule has 1 unspecified atom stereocenters. The van der Waals surface area contributed by atoms with Crippen LogP contribution in [0.3, 0.4) is 0 Å².